The number of carboxylic acid groups (broad SMARTS) is 1. The lowest BCUT2D eigenvalue weighted by molar-refractivity contribution is -0.147. The van der Waals surface area contributed by atoms with Crippen LogP contribution in [0.15, 0.2) is 12.1 Å². The number of carbonyl (C=O) groups excluding carboxylic acids is 1. The number of benzene rings is 1. The Labute approximate surface area is 182 Å². The molecule has 0 heterocycles. The highest BCUT2D eigenvalue weighted by atomic mass is 16.5. The van der Waals surface area contributed by atoms with E-state index in [-0.39, 0.29) is 5.60 Å². The van der Waals surface area contributed by atoms with Crippen LogP contribution < -0.4 is 0 Å². The standard InChI is InChI=1S/C26H40O4/c1-20-13-14-22(11-7-5-10-16-26(17-18-26)30-19-27)21(2)23(20)12-8-6-9-15-25(3,4)24(28)29/h13-14,19H,5-12,15-18H2,1-4H3,(H,28,29). The Morgan fingerprint density at radius 2 is 1.73 bits per heavy atom. The molecule has 1 saturated carbocycles. The fourth-order valence-corrected chi connectivity index (χ4v) is 4.36. The summed E-state index contributed by atoms with van der Waals surface area (Å²) in [5.41, 5.74) is 4.99. The van der Waals surface area contributed by atoms with Gasteiger partial charge in [-0.05, 0) is 108 Å². The van der Waals surface area contributed by atoms with Crippen molar-refractivity contribution in [1.82, 2.24) is 0 Å². The van der Waals surface area contributed by atoms with Crippen molar-refractivity contribution in [3.8, 4) is 0 Å². The molecule has 0 radical (unpaired) electrons. The van der Waals surface area contributed by atoms with Gasteiger partial charge in [0.05, 0.1) is 5.41 Å². The maximum absolute atomic E-state index is 11.2. The summed E-state index contributed by atoms with van der Waals surface area (Å²) in [4.78, 5) is 21.8. The first-order chi connectivity index (χ1) is 14.2. The summed E-state index contributed by atoms with van der Waals surface area (Å²) >= 11 is 0. The van der Waals surface area contributed by atoms with Gasteiger partial charge in [0.15, 0.2) is 0 Å². The van der Waals surface area contributed by atoms with Crippen LogP contribution in [0.5, 0.6) is 0 Å². The zero-order chi connectivity index (χ0) is 22.2. The summed E-state index contributed by atoms with van der Waals surface area (Å²) in [5.74, 6) is -0.703. The summed E-state index contributed by atoms with van der Waals surface area (Å²) in [6, 6.07) is 4.53. The third-order valence-electron chi connectivity index (χ3n) is 6.94. The van der Waals surface area contributed by atoms with Gasteiger partial charge in [0.1, 0.15) is 5.60 Å². The van der Waals surface area contributed by atoms with E-state index >= 15 is 0 Å². The molecule has 0 amide bonds. The number of carbonyl (C=O) groups is 2. The molecular formula is C26H40O4. The third-order valence-corrected chi connectivity index (χ3v) is 6.94. The molecule has 1 fully saturated rings. The van der Waals surface area contributed by atoms with E-state index in [2.05, 4.69) is 26.0 Å². The largest absolute Gasteiger partial charge is 0.481 e. The molecular weight excluding hydrogens is 376 g/mol. The highest BCUT2D eigenvalue weighted by Crippen LogP contribution is 2.43. The van der Waals surface area contributed by atoms with Crippen LogP contribution >= 0.6 is 0 Å². The normalized spacial score (nSPS) is 15.1. The molecule has 1 aromatic carbocycles. The lowest BCUT2D eigenvalue weighted by Gasteiger charge is -2.19. The van der Waals surface area contributed by atoms with Crippen LogP contribution in [0.4, 0.5) is 0 Å². The maximum Gasteiger partial charge on any atom is 0.309 e. The molecule has 0 unspecified atom stereocenters. The van der Waals surface area contributed by atoms with Crippen molar-refractivity contribution in [1.29, 1.82) is 0 Å². The van der Waals surface area contributed by atoms with Crippen molar-refractivity contribution in [2.45, 2.75) is 110 Å². The first kappa shape index (κ1) is 24.4. The zero-order valence-corrected chi connectivity index (χ0v) is 19.4. The number of aryl methyl sites for hydroxylation is 2. The average Bonchev–Trinajstić information content (AvgIpc) is 3.45. The molecule has 168 valence electrons. The Kier molecular flexibility index (Phi) is 8.93. The number of carboxylic acids is 1. The minimum Gasteiger partial charge on any atom is -0.481 e. The Balaban J connectivity index is 1.74. The second kappa shape index (κ2) is 11.0. The van der Waals surface area contributed by atoms with E-state index in [0.29, 0.717) is 6.47 Å². The number of unbranched alkanes of at least 4 members (excludes halogenated alkanes) is 4. The number of hydrogen-bond donors (Lipinski definition) is 1. The topological polar surface area (TPSA) is 63.6 Å². The summed E-state index contributed by atoms with van der Waals surface area (Å²) < 4.78 is 5.23. The molecule has 4 nitrogen and oxygen atoms in total. The van der Waals surface area contributed by atoms with Crippen LogP contribution in [-0.2, 0) is 27.2 Å². The average molecular weight is 417 g/mol. The molecule has 0 bridgehead atoms. The molecule has 2 rings (SSSR count). The van der Waals surface area contributed by atoms with Crippen molar-refractivity contribution in [3.63, 3.8) is 0 Å². The zero-order valence-electron chi connectivity index (χ0n) is 19.4. The Morgan fingerprint density at radius 1 is 1.07 bits per heavy atom. The van der Waals surface area contributed by atoms with E-state index in [4.69, 9.17) is 4.74 Å². The van der Waals surface area contributed by atoms with Gasteiger partial charge >= 0.3 is 5.97 Å². The molecule has 0 aromatic heterocycles. The van der Waals surface area contributed by atoms with Crippen LogP contribution in [0, 0.1) is 19.3 Å². The number of rotatable bonds is 15. The monoisotopic (exact) mass is 416 g/mol. The number of aliphatic carboxylic acids is 1. The lowest BCUT2D eigenvalue weighted by atomic mass is 9.86. The molecule has 1 aliphatic rings. The van der Waals surface area contributed by atoms with E-state index in [0.717, 1.165) is 64.2 Å². The quantitative estimate of drug-likeness (QED) is 0.268. The predicted molar refractivity (Wildman–Crippen MR) is 121 cm³/mol. The van der Waals surface area contributed by atoms with Crippen LogP contribution in [0.3, 0.4) is 0 Å². The summed E-state index contributed by atoms with van der Waals surface area (Å²) in [5, 5.41) is 9.23. The van der Waals surface area contributed by atoms with Crippen molar-refractivity contribution in [3.05, 3.63) is 34.4 Å². The van der Waals surface area contributed by atoms with E-state index < -0.39 is 11.4 Å². The Bertz CT molecular complexity index is 716. The van der Waals surface area contributed by atoms with Gasteiger partial charge in [-0.15, -0.1) is 0 Å². The molecule has 1 N–H and O–H groups in total. The van der Waals surface area contributed by atoms with E-state index in [9.17, 15) is 14.7 Å². The molecule has 0 aliphatic heterocycles. The van der Waals surface area contributed by atoms with Crippen LogP contribution in [-0.4, -0.2) is 23.1 Å². The van der Waals surface area contributed by atoms with Gasteiger partial charge in [0, 0.05) is 0 Å². The van der Waals surface area contributed by atoms with Crippen molar-refractivity contribution >= 4 is 12.4 Å². The SMILES string of the molecule is Cc1ccc(CCCCCC2(OC=O)CC2)c(C)c1CCCCCC(C)(C)C(=O)O. The maximum atomic E-state index is 11.2. The van der Waals surface area contributed by atoms with Crippen LogP contribution in [0.25, 0.3) is 0 Å². The van der Waals surface area contributed by atoms with Gasteiger partial charge < -0.3 is 9.84 Å². The molecule has 0 atom stereocenters. The van der Waals surface area contributed by atoms with Crippen LogP contribution in [0.2, 0.25) is 0 Å². The minimum absolute atomic E-state index is 0.117. The highest BCUT2D eigenvalue weighted by molar-refractivity contribution is 5.73. The van der Waals surface area contributed by atoms with Crippen LogP contribution in [0.1, 0.15) is 100 Å². The van der Waals surface area contributed by atoms with Gasteiger partial charge in [-0.1, -0.05) is 31.4 Å². The smallest absolute Gasteiger partial charge is 0.309 e. The highest BCUT2D eigenvalue weighted by Gasteiger charge is 2.44. The Hall–Kier alpha value is -1.84. The predicted octanol–water partition coefficient (Wildman–Crippen LogP) is 6.33. The van der Waals surface area contributed by atoms with Gasteiger partial charge in [-0.3, -0.25) is 9.59 Å². The first-order valence-electron chi connectivity index (χ1n) is 11.6. The van der Waals surface area contributed by atoms with E-state index in [1.165, 1.54) is 35.1 Å². The van der Waals surface area contributed by atoms with Crippen molar-refractivity contribution < 1.29 is 19.4 Å². The van der Waals surface area contributed by atoms with Gasteiger partial charge in [-0.2, -0.15) is 0 Å². The fourth-order valence-electron chi connectivity index (χ4n) is 4.36. The molecule has 4 heteroatoms. The van der Waals surface area contributed by atoms with Gasteiger partial charge in [-0.25, -0.2) is 0 Å². The molecule has 0 saturated heterocycles. The summed E-state index contributed by atoms with van der Waals surface area (Å²) in [6.07, 6.45) is 12.6. The second-order valence-corrected chi connectivity index (χ2v) is 9.85. The minimum atomic E-state index is -0.703. The van der Waals surface area contributed by atoms with Gasteiger partial charge in [0.25, 0.3) is 6.47 Å². The van der Waals surface area contributed by atoms with Gasteiger partial charge in [0.2, 0.25) is 0 Å². The summed E-state index contributed by atoms with van der Waals surface area (Å²) in [6.45, 7) is 8.68. The van der Waals surface area contributed by atoms with E-state index in [1.54, 1.807) is 0 Å². The first-order valence-corrected chi connectivity index (χ1v) is 11.6. The molecule has 30 heavy (non-hydrogen) atoms. The van der Waals surface area contributed by atoms with E-state index in [1.807, 2.05) is 13.8 Å². The fraction of sp³-hybridized carbons (Fsp3) is 0.692. The Morgan fingerprint density at radius 3 is 2.37 bits per heavy atom. The third kappa shape index (κ3) is 7.14. The molecule has 1 aliphatic carbocycles. The van der Waals surface area contributed by atoms with Crippen molar-refractivity contribution in [2.24, 2.45) is 5.41 Å². The number of ether oxygens (including phenoxy) is 1. The molecule has 1 aromatic rings. The van der Waals surface area contributed by atoms with Crippen molar-refractivity contribution in [2.75, 3.05) is 0 Å². The summed E-state index contributed by atoms with van der Waals surface area (Å²) in [7, 11) is 0. The molecule has 0 spiro atoms. The number of hydrogen-bond acceptors (Lipinski definition) is 3. The lowest BCUT2D eigenvalue weighted by Crippen LogP contribution is -2.23. The second-order valence-electron chi connectivity index (χ2n) is 9.85.